The summed E-state index contributed by atoms with van der Waals surface area (Å²) in [7, 11) is 0. The van der Waals surface area contributed by atoms with Gasteiger partial charge in [0.2, 0.25) is 0 Å². The summed E-state index contributed by atoms with van der Waals surface area (Å²) in [5, 5.41) is 6.75. The van der Waals surface area contributed by atoms with Crippen LogP contribution in [0.3, 0.4) is 0 Å². The van der Waals surface area contributed by atoms with Gasteiger partial charge in [-0.2, -0.15) is 0 Å². The second-order valence-electron chi connectivity index (χ2n) is 9.67. The molecule has 1 heterocycles. The van der Waals surface area contributed by atoms with Crippen molar-refractivity contribution < 1.29 is 27.5 Å². The molecule has 1 saturated carbocycles. The molecule has 208 valence electrons. The zero-order valence-corrected chi connectivity index (χ0v) is 21.9. The van der Waals surface area contributed by atoms with Crippen molar-refractivity contribution in [2.45, 2.75) is 37.7 Å². The van der Waals surface area contributed by atoms with E-state index in [2.05, 4.69) is 20.4 Å². The van der Waals surface area contributed by atoms with Gasteiger partial charge in [0.1, 0.15) is 5.75 Å². The fourth-order valence-corrected chi connectivity index (χ4v) is 4.76. The molecule has 1 aliphatic rings. The minimum Gasteiger partial charge on any atom is -0.405 e. The van der Waals surface area contributed by atoms with Crippen LogP contribution in [-0.2, 0) is 6.42 Å². The van der Waals surface area contributed by atoms with E-state index in [0.717, 1.165) is 35.4 Å². The summed E-state index contributed by atoms with van der Waals surface area (Å²) in [5.74, 6) is -1.72. The highest BCUT2D eigenvalue weighted by atomic mass is 35.5. The summed E-state index contributed by atoms with van der Waals surface area (Å²) in [6.07, 6.45) is -0.984. The van der Waals surface area contributed by atoms with Gasteiger partial charge in [-0.15, -0.1) is 13.2 Å². The van der Waals surface area contributed by atoms with Crippen LogP contribution in [0.25, 0.3) is 22.0 Å². The molecule has 11 heteroatoms. The van der Waals surface area contributed by atoms with Gasteiger partial charge < -0.3 is 26.1 Å². The van der Waals surface area contributed by atoms with Crippen LogP contribution in [0.15, 0.2) is 66.9 Å². The van der Waals surface area contributed by atoms with E-state index < -0.39 is 24.1 Å². The number of nitrogens with one attached hydrogen (secondary N) is 3. The molecule has 2 amide bonds. The molecule has 5 rings (SSSR count). The van der Waals surface area contributed by atoms with E-state index in [0.29, 0.717) is 17.5 Å². The molecule has 1 atom stereocenters. The summed E-state index contributed by atoms with van der Waals surface area (Å²) in [6, 6.07) is 15.7. The molecule has 0 aliphatic heterocycles. The second-order valence-corrected chi connectivity index (χ2v) is 10.1. The van der Waals surface area contributed by atoms with Crippen LogP contribution in [-0.4, -0.2) is 41.8 Å². The van der Waals surface area contributed by atoms with Gasteiger partial charge >= 0.3 is 6.36 Å². The van der Waals surface area contributed by atoms with E-state index in [1.165, 1.54) is 18.2 Å². The van der Waals surface area contributed by atoms with Gasteiger partial charge in [0.15, 0.2) is 0 Å². The van der Waals surface area contributed by atoms with Crippen molar-refractivity contribution in [2.75, 3.05) is 6.54 Å². The number of H-pyrrole nitrogens is 1. The minimum atomic E-state index is -5.01. The smallest absolute Gasteiger partial charge is 0.405 e. The first-order valence-electron chi connectivity index (χ1n) is 12.7. The van der Waals surface area contributed by atoms with Gasteiger partial charge in [-0.25, -0.2) is 0 Å². The number of ether oxygens (including phenoxy) is 1. The Kier molecular flexibility index (Phi) is 7.73. The number of alkyl halides is 3. The van der Waals surface area contributed by atoms with Gasteiger partial charge in [0.05, 0.1) is 16.1 Å². The third-order valence-electron chi connectivity index (χ3n) is 6.67. The first-order chi connectivity index (χ1) is 19.1. The van der Waals surface area contributed by atoms with Crippen LogP contribution in [0.5, 0.6) is 5.75 Å². The Morgan fingerprint density at radius 1 is 1.02 bits per heavy atom. The number of rotatable bonds is 9. The van der Waals surface area contributed by atoms with E-state index in [-0.39, 0.29) is 34.6 Å². The number of fused-ring (bicyclic) bond motifs is 1. The van der Waals surface area contributed by atoms with Gasteiger partial charge in [-0.1, -0.05) is 41.9 Å². The Bertz CT molecular complexity index is 1570. The van der Waals surface area contributed by atoms with Crippen LogP contribution in [0.4, 0.5) is 13.2 Å². The van der Waals surface area contributed by atoms with Crippen molar-refractivity contribution in [3.05, 3.63) is 88.6 Å². The number of aromatic amines is 1. The van der Waals surface area contributed by atoms with Gasteiger partial charge in [0, 0.05) is 35.7 Å². The maximum Gasteiger partial charge on any atom is 0.573 e. The number of carbonyl (C=O) groups excluding carboxylic acids is 2. The number of halogens is 4. The predicted octanol–water partition coefficient (Wildman–Crippen LogP) is 5.58. The van der Waals surface area contributed by atoms with Crippen molar-refractivity contribution in [1.29, 1.82) is 0 Å². The van der Waals surface area contributed by atoms with E-state index >= 15 is 0 Å². The Morgan fingerprint density at radius 2 is 1.75 bits per heavy atom. The molecule has 1 fully saturated rings. The van der Waals surface area contributed by atoms with Crippen molar-refractivity contribution in [2.24, 2.45) is 5.73 Å². The quantitative estimate of drug-likeness (QED) is 0.211. The average molecular weight is 571 g/mol. The summed E-state index contributed by atoms with van der Waals surface area (Å²) in [6.45, 7) is 0.0559. The first-order valence-corrected chi connectivity index (χ1v) is 13.1. The number of benzene rings is 3. The summed E-state index contributed by atoms with van der Waals surface area (Å²) in [4.78, 5) is 28.9. The molecule has 0 spiro atoms. The van der Waals surface area contributed by atoms with Crippen LogP contribution in [0, 0.1) is 0 Å². The SMILES string of the molecule is NCC(Cc1c[nH]c2ccccc12)NC(=O)c1cc(-c2ccc(C(=O)NC3CC3)c(Cl)c2)ccc1OC(F)(F)F. The van der Waals surface area contributed by atoms with Crippen LogP contribution in [0.2, 0.25) is 5.02 Å². The molecule has 40 heavy (non-hydrogen) atoms. The lowest BCUT2D eigenvalue weighted by atomic mass is 9.99. The van der Waals surface area contributed by atoms with Crippen molar-refractivity contribution in [3.8, 4) is 16.9 Å². The average Bonchev–Trinajstić information content (AvgIpc) is 3.64. The number of hydrogen-bond donors (Lipinski definition) is 4. The van der Waals surface area contributed by atoms with E-state index in [1.807, 2.05) is 30.5 Å². The Balaban J connectivity index is 1.41. The van der Waals surface area contributed by atoms with Crippen LogP contribution >= 0.6 is 11.6 Å². The zero-order valence-electron chi connectivity index (χ0n) is 21.1. The zero-order chi connectivity index (χ0) is 28.4. The lowest BCUT2D eigenvalue weighted by Crippen LogP contribution is -2.42. The minimum absolute atomic E-state index is 0.0559. The molecule has 1 unspecified atom stereocenters. The maximum atomic E-state index is 13.3. The molecule has 5 N–H and O–H groups in total. The monoisotopic (exact) mass is 570 g/mol. The van der Waals surface area contributed by atoms with Crippen LogP contribution in [0.1, 0.15) is 39.1 Å². The third-order valence-corrected chi connectivity index (χ3v) is 6.98. The molecule has 0 radical (unpaired) electrons. The molecule has 0 bridgehead atoms. The Morgan fingerprint density at radius 3 is 2.45 bits per heavy atom. The normalized spacial score (nSPS) is 14.1. The largest absolute Gasteiger partial charge is 0.573 e. The van der Waals surface area contributed by atoms with E-state index in [4.69, 9.17) is 17.3 Å². The lowest BCUT2D eigenvalue weighted by Gasteiger charge is -2.19. The maximum absolute atomic E-state index is 13.3. The Labute approximate surface area is 232 Å². The second kappa shape index (κ2) is 11.2. The molecule has 0 saturated heterocycles. The van der Waals surface area contributed by atoms with Crippen molar-refractivity contribution >= 4 is 34.3 Å². The topological polar surface area (TPSA) is 109 Å². The molecule has 1 aliphatic carbocycles. The summed E-state index contributed by atoms with van der Waals surface area (Å²) in [5.41, 5.74) is 8.64. The molecular formula is C29H26ClF3N4O3. The highest BCUT2D eigenvalue weighted by Crippen LogP contribution is 2.33. The highest BCUT2D eigenvalue weighted by Gasteiger charge is 2.33. The van der Waals surface area contributed by atoms with Gasteiger partial charge in [-0.05, 0) is 66.3 Å². The number of hydrogen-bond acceptors (Lipinski definition) is 4. The Hall–Kier alpha value is -4.02. The van der Waals surface area contributed by atoms with Gasteiger partial charge in [0.25, 0.3) is 11.8 Å². The fourth-order valence-electron chi connectivity index (χ4n) is 4.49. The number of aromatic nitrogens is 1. The summed E-state index contributed by atoms with van der Waals surface area (Å²) >= 11 is 6.37. The number of para-hydroxylation sites is 1. The van der Waals surface area contributed by atoms with E-state index in [9.17, 15) is 22.8 Å². The molecule has 3 aromatic carbocycles. The third kappa shape index (κ3) is 6.40. The standard InChI is InChI=1S/C29H26ClF3N4O3/c30-24-13-17(5-9-22(24)27(38)36-19-7-8-19)16-6-10-26(40-29(31,32)33)23(12-16)28(39)37-20(14-34)11-18-15-35-25-4-2-1-3-21(18)25/h1-6,9-10,12-13,15,19-20,35H,7-8,11,14,34H2,(H,36,38)(H,37,39). The molecule has 4 aromatic rings. The number of nitrogens with two attached hydrogens (primary N) is 1. The first kappa shape index (κ1) is 27.5. The van der Waals surface area contributed by atoms with Gasteiger partial charge in [-0.3, -0.25) is 9.59 Å². The number of carbonyl (C=O) groups is 2. The predicted molar refractivity (Wildman–Crippen MR) is 146 cm³/mol. The lowest BCUT2D eigenvalue weighted by molar-refractivity contribution is -0.274. The molecular weight excluding hydrogens is 545 g/mol. The van der Waals surface area contributed by atoms with Crippen molar-refractivity contribution in [3.63, 3.8) is 0 Å². The van der Waals surface area contributed by atoms with Crippen LogP contribution < -0.4 is 21.1 Å². The fraction of sp³-hybridized carbons (Fsp3) is 0.241. The van der Waals surface area contributed by atoms with E-state index in [1.54, 1.807) is 12.1 Å². The molecule has 1 aromatic heterocycles. The summed E-state index contributed by atoms with van der Waals surface area (Å²) < 4.78 is 43.7. The molecule has 7 nitrogen and oxygen atoms in total. The van der Waals surface area contributed by atoms with Crippen molar-refractivity contribution in [1.82, 2.24) is 15.6 Å². The number of amides is 2. The highest BCUT2D eigenvalue weighted by molar-refractivity contribution is 6.34.